The lowest BCUT2D eigenvalue weighted by Gasteiger charge is -2.07. The summed E-state index contributed by atoms with van der Waals surface area (Å²) in [5, 5.41) is 8.20. The minimum absolute atomic E-state index is 0.557. The smallest absolute Gasteiger partial charge is 0.481 e. The van der Waals surface area contributed by atoms with E-state index in [-0.39, 0.29) is 0 Å². The summed E-state index contributed by atoms with van der Waals surface area (Å²) < 4.78 is 36.9. The molecule has 0 unspecified atom stereocenters. The van der Waals surface area contributed by atoms with Gasteiger partial charge in [0.15, 0.2) is 0 Å². The minimum atomic E-state index is -5.08. The second-order valence-corrected chi connectivity index (χ2v) is 5.07. The van der Waals surface area contributed by atoms with Crippen LogP contribution in [-0.2, 0) is 4.79 Å². The molecule has 26 heavy (non-hydrogen) atoms. The van der Waals surface area contributed by atoms with Crippen molar-refractivity contribution in [2.45, 2.75) is 13.1 Å². The zero-order valence-corrected chi connectivity index (χ0v) is 13.8. The monoisotopic (exact) mass is 365 g/mol. The lowest BCUT2D eigenvalue weighted by atomic mass is 10.0. The van der Waals surface area contributed by atoms with Crippen molar-refractivity contribution in [3.8, 4) is 17.1 Å². The first-order valence-electron chi connectivity index (χ1n) is 7.25. The largest absolute Gasteiger partial charge is 0.490 e. The molecule has 0 atom stereocenters. The van der Waals surface area contributed by atoms with Crippen molar-refractivity contribution in [1.29, 1.82) is 0 Å². The zero-order chi connectivity index (χ0) is 19.3. The topological polar surface area (TPSA) is 85.2 Å². The van der Waals surface area contributed by atoms with Gasteiger partial charge >= 0.3 is 12.1 Å². The SMILES string of the molecule is COc1cc(-c2cccc3nc(C)ccc23)ncn1.O=C(O)C(F)(F)F. The number of nitrogens with zero attached hydrogens (tertiary/aromatic N) is 3. The molecule has 0 aliphatic heterocycles. The maximum absolute atomic E-state index is 10.6. The number of hydrogen-bond acceptors (Lipinski definition) is 5. The lowest BCUT2D eigenvalue weighted by Crippen LogP contribution is -2.21. The van der Waals surface area contributed by atoms with Gasteiger partial charge in [0.05, 0.1) is 18.3 Å². The highest BCUT2D eigenvalue weighted by atomic mass is 19.4. The van der Waals surface area contributed by atoms with E-state index >= 15 is 0 Å². The number of halogens is 3. The highest BCUT2D eigenvalue weighted by molar-refractivity contribution is 5.93. The average molecular weight is 365 g/mol. The summed E-state index contributed by atoms with van der Waals surface area (Å²) in [5.41, 5.74) is 3.84. The number of alkyl halides is 3. The Balaban J connectivity index is 0.000000298. The normalized spacial score (nSPS) is 10.8. The Morgan fingerprint density at radius 3 is 2.46 bits per heavy atom. The van der Waals surface area contributed by atoms with E-state index in [9.17, 15) is 13.2 Å². The molecule has 2 aromatic heterocycles. The number of carboxylic acid groups (broad SMARTS) is 1. The molecular weight excluding hydrogens is 351 g/mol. The molecule has 0 spiro atoms. The Labute approximate surface area is 146 Å². The summed E-state index contributed by atoms with van der Waals surface area (Å²) in [7, 11) is 1.60. The highest BCUT2D eigenvalue weighted by Crippen LogP contribution is 2.27. The molecule has 0 saturated heterocycles. The van der Waals surface area contributed by atoms with Gasteiger partial charge in [-0.05, 0) is 19.1 Å². The average Bonchev–Trinajstić information content (AvgIpc) is 2.60. The van der Waals surface area contributed by atoms with E-state index in [0.29, 0.717) is 5.88 Å². The molecule has 1 N–H and O–H groups in total. The van der Waals surface area contributed by atoms with Gasteiger partial charge < -0.3 is 9.84 Å². The molecule has 0 aliphatic rings. The molecule has 6 nitrogen and oxygen atoms in total. The molecule has 136 valence electrons. The van der Waals surface area contributed by atoms with Gasteiger partial charge in [-0.1, -0.05) is 18.2 Å². The molecule has 0 bridgehead atoms. The first-order valence-corrected chi connectivity index (χ1v) is 7.25. The van der Waals surface area contributed by atoms with Gasteiger partial charge in [-0.15, -0.1) is 0 Å². The van der Waals surface area contributed by atoms with Crippen LogP contribution >= 0.6 is 0 Å². The fourth-order valence-electron chi connectivity index (χ4n) is 2.08. The number of aliphatic carboxylic acids is 1. The van der Waals surface area contributed by atoms with E-state index < -0.39 is 12.1 Å². The number of ether oxygens (including phenoxy) is 1. The van der Waals surface area contributed by atoms with E-state index in [4.69, 9.17) is 14.6 Å². The van der Waals surface area contributed by atoms with Crippen LogP contribution in [0.3, 0.4) is 0 Å². The van der Waals surface area contributed by atoms with Gasteiger partial charge in [0, 0.05) is 22.7 Å². The Bertz CT molecular complexity index is 930. The third kappa shape index (κ3) is 4.65. The summed E-state index contributed by atoms with van der Waals surface area (Å²) in [4.78, 5) is 21.8. The molecule has 9 heteroatoms. The van der Waals surface area contributed by atoms with Crippen LogP contribution in [0.2, 0.25) is 0 Å². The predicted octanol–water partition coefficient (Wildman–Crippen LogP) is 3.64. The van der Waals surface area contributed by atoms with Crippen LogP contribution in [0.25, 0.3) is 22.2 Å². The number of hydrogen-bond donors (Lipinski definition) is 1. The van der Waals surface area contributed by atoms with E-state index in [0.717, 1.165) is 27.9 Å². The second-order valence-electron chi connectivity index (χ2n) is 5.07. The number of fused-ring (bicyclic) bond motifs is 1. The van der Waals surface area contributed by atoms with Gasteiger partial charge in [0.25, 0.3) is 0 Å². The van der Waals surface area contributed by atoms with Crippen molar-refractivity contribution >= 4 is 16.9 Å². The van der Waals surface area contributed by atoms with Crippen LogP contribution in [0, 0.1) is 6.92 Å². The number of benzene rings is 1. The Kier molecular flexibility index (Phi) is 5.71. The zero-order valence-electron chi connectivity index (χ0n) is 13.8. The van der Waals surface area contributed by atoms with Gasteiger partial charge in [-0.3, -0.25) is 4.98 Å². The molecule has 3 aromatic rings. The standard InChI is InChI=1S/C15H13N3O.C2HF3O2/c1-10-6-7-12-11(4-3-5-13(12)18-10)14-8-15(19-2)17-9-16-14;3-2(4,5)1(6)7/h3-9H,1-2H3;(H,6,7). The third-order valence-electron chi connectivity index (χ3n) is 3.24. The van der Waals surface area contributed by atoms with Gasteiger partial charge in [-0.25, -0.2) is 14.8 Å². The van der Waals surface area contributed by atoms with E-state index in [1.165, 1.54) is 6.33 Å². The van der Waals surface area contributed by atoms with Gasteiger partial charge in [-0.2, -0.15) is 13.2 Å². The first-order chi connectivity index (χ1) is 12.2. The van der Waals surface area contributed by atoms with Gasteiger partial charge in [0.2, 0.25) is 5.88 Å². The number of rotatable bonds is 2. The van der Waals surface area contributed by atoms with Crippen molar-refractivity contribution in [1.82, 2.24) is 15.0 Å². The molecule has 0 radical (unpaired) electrons. The Morgan fingerprint density at radius 1 is 1.15 bits per heavy atom. The van der Waals surface area contributed by atoms with Crippen LogP contribution in [0.1, 0.15) is 5.69 Å². The second kappa shape index (κ2) is 7.77. The van der Waals surface area contributed by atoms with Crippen LogP contribution < -0.4 is 4.74 Å². The fourth-order valence-corrected chi connectivity index (χ4v) is 2.08. The summed E-state index contributed by atoms with van der Waals surface area (Å²) in [5.74, 6) is -2.20. The highest BCUT2D eigenvalue weighted by Gasteiger charge is 2.38. The molecule has 0 amide bonds. The van der Waals surface area contributed by atoms with Crippen LogP contribution in [0.4, 0.5) is 13.2 Å². The third-order valence-corrected chi connectivity index (χ3v) is 3.24. The number of aryl methyl sites for hydroxylation is 1. The van der Waals surface area contributed by atoms with Crippen LogP contribution in [0.5, 0.6) is 5.88 Å². The quantitative estimate of drug-likeness (QED) is 0.746. The molecular formula is C17H14F3N3O3. The Morgan fingerprint density at radius 2 is 1.85 bits per heavy atom. The van der Waals surface area contributed by atoms with Crippen molar-refractivity contribution in [3.05, 3.63) is 48.4 Å². The van der Waals surface area contributed by atoms with Crippen molar-refractivity contribution in [2.75, 3.05) is 7.11 Å². The van der Waals surface area contributed by atoms with Crippen LogP contribution in [0.15, 0.2) is 42.7 Å². The summed E-state index contributed by atoms with van der Waals surface area (Å²) in [6.07, 6.45) is -3.57. The molecule has 0 saturated carbocycles. The van der Waals surface area contributed by atoms with E-state index in [2.05, 4.69) is 21.0 Å². The Hall–Kier alpha value is -3.23. The van der Waals surface area contributed by atoms with Crippen molar-refractivity contribution in [2.24, 2.45) is 0 Å². The molecule has 1 aromatic carbocycles. The number of carboxylic acids is 1. The van der Waals surface area contributed by atoms with E-state index in [1.807, 2.05) is 37.3 Å². The maximum atomic E-state index is 10.6. The molecule has 0 fully saturated rings. The van der Waals surface area contributed by atoms with Crippen LogP contribution in [-0.4, -0.2) is 39.3 Å². The molecule has 2 heterocycles. The predicted molar refractivity (Wildman–Crippen MR) is 87.7 cm³/mol. The maximum Gasteiger partial charge on any atom is 0.490 e. The number of aromatic nitrogens is 3. The lowest BCUT2D eigenvalue weighted by molar-refractivity contribution is -0.192. The number of methoxy groups -OCH3 is 1. The molecule has 3 rings (SSSR count). The van der Waals surface area contributed by atoms with Gasteiger partial charge in [0.1, 0.15) is 6.33 Å². The minimum Gasteiger partial charge on any atom is -0.481 e. The first kappa shape index (κ1) is 19.1. The van der Waals surface area contributed by atoms with Crippen molar-refractivity contribution < 1.29 is 27.8 Å². The number of carbonyl (C=O) groups is 1. The van der Waals surface area contributed by atoms with E-state index in [1.54, 1.807) is 7.11 Å². The summed E-state index contributed by atoms with van der Waals surface area (Å²) >= 11 is 0. The fraction of sp³-hybridized carbons (Fsp3) is 0.176. The van der Waals surface area contributed by atoms with Crippen molar-refractivity contribution in [3.63, 3.8) is 0 Å². The molecule has 0 aliphatic carbocycles. The number of pyridine rings is 1. The summed E-state index contributed by atoms with van der Waals surface area (Å²) in [6.45, 7) is 1.99. The summed E-state index contributed by atoms with van der Waals surface area (Å²) in [6, 6.07) is 11.9.